The van der Waals surface area contributed by atoms with Gasteiger partial charge >= 0.3 is 6.09 Å². The Morgan fingerprint density at radius 3 is 2.32 bits per heavy atom. The molecule has 2 aromatic carbocycles. The Balaban J connectivity index is 1.57. The third kappa shape index (κ3) is 6.49. The molecule has 0 aliphatic rings. The summed E-state index contributed by atoms with van der Waals surface area (Å²) in [5.74, 6) is -4.24. The topological polar surface area (TPSA) is 132 Å². The van der Waals surface area contributed by atoms with Gasteiger partial charge in [0.05, 0.1) is 26.3 Å². The lowest BCUT2D eigenvalue weighted by Crippen LogP contribution is -2.29. The van der Waals surface area contributed by atoms with Crippen molar-refractivity contribution in [1.29, 1.82) is 0 Å². The molecule has 0 saturated carbocycles. The van der Waals surface area contributed by atoms with Gasteiger partial charge in [0.25, 0.3) is 5.91 Å². The molecule has 11 nitrogen and oxygen atoms in total. The maximum atomic E-state index is 15.0. The van der Waals surface area contributed by atoms with Crippen LogP contribution in [0.4, 0.5) is 23.7 Å². The number of carboxylic acid groups (broad SMARTS) is 1. The molecule has 0 radical (unpaired) electrons. The van der Waals surface area contributed by atoms with Gasteiger partial charge in [0, 0.05) is 54.8 Å². The molecule has 41 heavy (non-hydrogen) atoms. The predicted octanol–water partition coefficient (Wildman–Crippen LogP) is 5.10. The lowest BCUT2D eigenvalue weighted by Gasteiger charge is -2.16. The minimum absolute atomic E-state index is 0.0324. The zero-order valence-corrected chi connectivity index (χ0v) is 21.9. The predicted molar refractivity (Wildman–Crippen MR) is 140 cm³/mol. The summed E-state index contributed by atoms with van der Waals surface area (Å²) in [5, 5.41) is 11.6. The zero-order valence-electron chi connectivity index (χ0n) is 21.9. The molecule has 2 amide bonds. The van der Waals surface area contributed by atoms with E-state index in [9.17, 15) is 14.0 Å². The van der Waals surface area contributed by atoms with Crippen LogP contribution in [0.1, 0.15) is 10.4 Å². The summed E-state index contributed by atoms with van der Waals surface area (Å²) in [6.07, 6.45) is 1.19. The SMILES string of the molecule is COc1cc2c(Oc3c(F)cc(NC(=O)c4cnc(F)cc4OC)cc3F)ccnc2cc1OCCN(C)C(=O)O. The van der Waals surface area contributed by atoms with Crippen molar-refractivity contribution in [1.82, 2.24) is 14.9 Å². The van der Waals surface area contributed by atoms with E-state index in [1.165, 1.54) is 45.7 Å². The molecule has 0 fully saturated rings. The fourth-order valence-corrected chi connectivity index (χ4v) is 3.67. The first kappa shape index (κ1) is 28.7. The maximum Gasteiger partial charge on any atom is 0.407 e. The Hall–Kier alpha value is -5.27. The van der Waals surface area contributed by atoms with Crippen molar-refractivity contribution in [2.45, 2.75) is 0 Å². The molecule has 0 unspecified atom stereocenters. The Kier molecular flexibility index (Phi) is 8.60. The second-order valence-corrected chi connectivity index (χ2v) is 8.41. The van der Waals surface area contributed by atoms with Crippen LogP contribution in [-0.4, -0.2) is 66.4 Å². The first-order valence-corrected chi connectivity index (χ1v) is 11.8. The Bertz CT molecular complexity index is 1600. The normalized spacial score (nSPS) is 10.7. The Morgan fingerprint density at radius 1 is 0.951 bits per heavy atom. The van der Waals surface area contributed by atoms with Crippen LogP contribution >= 0.6 is 0 Å². The van der Waals surface area contributed by atoms with E-state index in [1.807, 2.05) is 0 Å². The smallest absolute Gasteiger partial charge is 0.407 e. The molecule has 0 bridgehead atoms. The lowest BCUT2D eigenvalue weighted by atomic mass is 10.1. The van der Waals surface area contributed by atoms with Gasteiger partial charge in [0.2, 0.25) is 5.95 Å². The first-order chi connectivity index (χ1) is 19.6. The number of nitrogens with zero attached hydrogens (tertiary/aromatic N) is 3. The number of carbonyl (C=O) groups is 2. The van der Waals surface area contributed by atoms with E-state index in [0.29, 0.717) is 10.9 Å². The molecule has 214 valence electrons. The van der Waals surface area contributed by atoms with Gasteiger partial charge in [-0.1, -0.05) is 0 Å². The van der Waals surface area contributed by atoms with E-state index < -0.39 is 35.3 Å². The standard InChI is InChI=1S/C27H23F3N4O7/c1-34(27(36)37)6-7-40-23-11-19-15(10-22(23)39-3)20(4-5-31-19)41-25-17(28)8-14(9-18(25)29)33-26(35)16-13-32-24(30)12-21(16)38-2/h4-5,8-13H,6-7H2,1-3H3,(H,33,35)(H,36,37). The van der Waals surface area contributed by atoms with Gasteiger partial charge in [-0.25, -0.2) is 18.6 Å². The summed E-state index contributed by atoms with van der Waals surface area (Å²) in [7, 11) is 4.01. The second kappa shape index (κ2) is 12.3. The van der Waals surface area contributed by atoms with E-state index in [0.717, 1.165) is 29.3 Å². The summed E-state index contributed by atoms with van der Waals surface area (Å²) in [4.78, 5) is 32.2. The number of ether oxygens (including phenoxy) is 4. The number of halogens is 3. The van der Waals surface area contributed by atoms with Gasteiger partial charge in [0.15, 0.2) is 28.9 Å². The number of anilines is 1. The molecule has 4 rings (SSSR count). The number of carbonyl (C=O) groups excluding carboxylic acids is 1. The third-order valence-electron chi connectivity index (χ3n) is 5.76. The Morgan fingerprint density at radius 2 is 1.66 bits per heavy atom. The summed E-state index contributed by atoms with van der Waals surface area (Å²) >= 11 is 0. The zero-order chi connectivity index (χ0) is 29.7. The number of hydrogen-bond donors (Lipinski definition) is 2. The molecular formula is C27H23F3N4O7. The van der Waals surface area contributed by atoms with Crippen molar-refractivity contribution < 1.29 is 46.8 Å². The van der Waals surface area contributed by atoms with Crippen molar-refractivity contribution in [2.24, 2.45) is 0 Å². The molecule has 2 heterocycles. The number of rotatable bonds is 10. The second-order valence-electron chi connectivity index (χ2n) is 8.41. The van der Waals surface area contributed by atoms with Crippen LogP contribution in [0, 0.1) is 17.6 Å². The van der Waals surface area contributed by atoms with Crippen molar-refractivity contribution in [3.63, 3.8) is 0 Å². The van der Waals surface area contributed by atoms with Gasteiger partial charge in [-0.3, -0.25) is 9.78 Å². The van der Waals surface area contributed by atoms with Crippen molar-refractivity contribution in [2.75, 3.05) is 39.7 Å². The average molecular weight is 572 g/mol. The van der Waals surface area contributed by atoms with Crippen LogP contribution in [0.5, 0.6) is 28.7 Å². The number of benzene rings is 2. The van der Waals surface area contributed by atoms with Crippen LogP contribution in [0.2, 0.25) is 0 Å². The number of likely N-dealkylation sites (N-methyl/N-ethyl adjacent to an activating group) is 1. The molecule has 0 aliphatic carbocycles. The summed E-state index contributed by atoms with van der Waals surface area (Å²) in [6, 6.07) is 7.02. The van der Waals surface area contributed by atoms with Crippen LogP contribution in [-0.2, 0) is 0 Å². The summed E-state index contributed by atoms with van der Waals surface area (Å²) in [5.41, 5.74) is -0.0405. The molecule has 0 atom stereocenters. The van der Waals surface area contributed by atoms with Gasteiger partial charge < -0.3 is 34.3 Å². The molecule has 0 spiro atoms. The van der Waals surface area contributed by atoms with Gasteiger partial charge in [-0.05, 0) is 12.1 Å². The molecular weight excluding hydrogens is 549 g/mol. The van der Waals surface area contributed by atoms with E-state index in [4.69, 9.17) is 24.1 Å². The number of nitrogens with one attached hydrogen (secondary N) is 1. The lowest BCUT2D eigenvalue weighted by molar-refractivity contribution is 0.102. The van der Waals surface area contributed by atoms with Crippen LogP contribution in [0.3, 0.4) is 0 Å². The fourth-order valence-electron chi connectivity index (χ4n) is 3.67. The molecule has 2 aromatic heterocycles. The minimum Gasteiger partial charge on any atom is -0.496 e. The summed E-state index contributed by atoms with van der Waals surface area (Å²) < 4.78 is 64.9. The molecule has 14 heteroatoms. The summed E-state index contributed by atoms with van der Waals surface area (Å²) in [6.45, 7) is 0.126. The number of amides is 2. The quantitative estimate of drug-likeness (QED) is 0.249. The highest BCUT2D eigenvalue weighted by Gasteiger charge is 2.20. The van der Waals surface area contributed by atoms with E-state index in [2.05, 4.69) is 15.3 Å². The first-order valence-electron chi connectivity index (χ1n) is 11.8. The van der Waals surface area contributed by atoms with Gasteiger partial charge in [0.1, 0.15) is 23.7 Å². The number of aromatic nitrogens is 2. The monoisotopic (exact) mass is 572 g/mol. The average Bonchev–Trinajstić information content (AvgIpc) is 2.94. The number of fused-ring (bicyclic) bond motifs is 1. The fraction of sp³-hybridized carbons (Fsp3) is 0.185. The maximum absolute atomic E-state index is 15.0. The largest absolute Gasteiger partial charge is 0.496 e. The van der Waals surface area contributed by atoms with Crippen molar-refractivity contribution in [3.05, 3.63) is 71.9 Å². The Labute approximate surface area is 231 Å². The third-order valence-corrected chi connectivity index (χ3v) is 5.76. The highest BCUT2D eigenvalue weighted by molar-refractivity contribution is 6.06. The molecule has 0 aliphatic heterocycles. The van der Waals surface area contributed by atoms with E-state index in [-0.39, 0.29) is 47.4 Å². The van der Waals surface area contributed by atoms with Crippen molar-refractivity contribution >= 4 is 28.6 Å². The number of hydrogen-bond acceptors (Lipinski definition) is 8. The number of methoxy groups -OCH3 is 2. The van der Waals surface area contributed by atoms with Gasteiger partial charge in [-0.15, -0.1) is 0 Å². The van der Waals surface area contributed by atoms with Gasteiger partial charge in [-0.2, -0.15) is 4.39 Å². The van der Waals surface area contributed by atoms with Crippen LogP contribution in [0.15, 0.2) is 48.8 Å². The van der Waals surface area contributed by atoms with Crippen LogP contribution in [0.25, 0.3) is 10.9 Å². The van der Waals surface area contributed by atoms with Crippen LogP contribution < -0.4 is 24.3 Å². The van der Waals surface area contributed by atoms with Crippen molar-refractivity contribution in [3.8, 4) is 28.7 Å². The van der Waals surface area contributed by atoms with E-state index >= 15 is 8.78 Å². The van der Waals surface area contributed by atoms with E-state index in [1.54, 1.807) is 0 Å². The molecule has 0 saturated heterocycles. The molecule has 4 aromatic rings. The minimum atomic E-state index is -1.12. The molecule has 2 N–H and O–H groups in total. The highest BCUT2D eigenvalue weighted by Crippen LogP contribution is 2.38. The highest BCUT2D eigenvalue weighted by atomic mass is 19.1. The number of pyridine rings is 2.